The molecule has 0 aliphatic carbocycles. The Morgan fingerprint density at radius 1 is 0.575 bits per heavy atom. The molecule has 5 rings (SSSR count). The van der Waals surface area contributed by atoms with Crippen LogP contribution in [0, 0.1) is 6.92 Å². The van der Waals surface area contributed by atoms with Crippen molar-refractivity contribution in [3.05, 3.63) is 126 Å². The summed E-state index contributed by atoms with van der Waals surface area (Å²) in [6.07, 6.45) is 0. The lowest BCUT2D eigenvalue weighted by atomic mass is 10.1. The molecule has 0 radical (unpaired) electrons. The molecule has 202 valence electrons. The molecule has 0 saturated heterocycles. The number of fused-ring (bicyclic) bond motifs is 1. The Balaban J connectivity index is 1.31. The molecule has 0 atom stereocenters. The van der Waals surface area contributed by atoms with Crippen LogP contribution in [-0.4, -0.2) is 22.7 Å². The summed E-state index contributed by atoms with van der Waals surface area (Å²) in [5, 5.41) is 4.43. The first-order valence-electron chi connectivity index (χ1n) is 12.2. The van der Waals surface area contributed by atoms with Crippen molar-refractivity contribution in [2.45, 2.75) is 16.7 Å². The smallest absolute Gasteiger partial charge is 0.261 e. The van der Waals surface area contributed by atoms with Gasteiger partial charge in [0.1, 0.15) is 0 Å². The molecule has 0 aliphatic heterocycles. The molecule has 0 heterocycles. The van der Waals surface area contributed by atoms with E-state index in [9.17, 15) is 21.6 Å². The zero-order valence-electron chi connectivity index (χ0n) is 21.3. The van der Waals surface area contributed by atoms with Crippen molar-refractivity contribution in [3.8, 4) is 0 Å². The zero-order valence-corrected chi connectivity index (χ0v) is 23.0. The molecule has 0 fully saturated rings. The van der Waals surface area contributed by atoms with Gasteiger partial charge in [-0.25, -0.2) is 16.8 Å². The molecule has 0 spiro atoms. The van der Waals surface area contributed by atoms with Crippen LogP contribution in [0.3, 0.4) is 0 Å². The van der Waals surface area contributed by atoms with Crippen LogP contribution in [0.15, 0.2) is 125 Å². The predicted molar refractivity (Wildman–Crippen MR) is 158 cm³/mol. The van der Waals surface area contributed by atoms with Gasteiger partial charge in [-0.2, -0.15) is 0 Å². The van der Waals surface area contributed by atoms with E-state index >= 15 is 0 Å². The standard InChI is InChI=1S/C30H25N3O5S2/c1-21-26(14-8-15-28(21)32-39(35,36)24-11-3-2-4-12-24)30(34)31-23-17-19-25(20-18-23)40(37,38)33-29-16-7-10-22-9-5-6-13-27(22)29/h2-20,32-33H,1H3,(H,31,34). The third-order valence-corrected chi connectivity index (χ3v) is 9.10. The van der Waals surface area contributed by atoms with Gasteiger partial charge in [0, 0.05) is 16.6 Å². The Kier molecular flexibility index (Phi) is 7.29. The Bertz CT molecular complexity index is 1920. The third kappa shape index (κ3) is 5.68. The van der Waals surface area contributed by atoms with Crippen molar-refractivity contribution < 1.29 is 21.6 Å². The molecular formula is C30H25N3O5S2. The SMILES string of the molecule is Cc1c(NS(=O)(=O)c2ccccc2)cccc1C(=O)Nc1ccc(S(=O)(=O)Nc2cccc3ccccc23)cc1. The minimum atomic E-state index is -3.88. The van der Waals surface area contributed by atoms with E-state index in [1.165, 1.54) is 36.4 Å². The highest BCUT2D eigenvalue weighted by Crippen LogP contribution is 2.27. The highest BCUT2D eigenvalue weighted by Gasteiger charge is 2.19. The van der Waals surface area contributed by atoms with E-state index in [1.54, 1.807) is 55.5 Å². The topological polar surface area (TPSA) is 121 Å². The van der Waals surface area contributed by atoms with Crippen molar-refractivity contribution >= 4 is 53.8 Å². The second-order valence-corrected chi connectivity index (χ2v) is 12.4. The van der Waals surface area contributed by atoms with E-state index in [2.05, 4.69) is 14.8 Å². The van der Waals surface area contributed by atoms with E-state index in [0.29, 0.717) is 16.9 Å². The number of carbonyl (C=O) groups excluding carboxylic acids is 1. The average molecular weight is 572 g/mol. The summed E-state index contributed by atoms with van der Waals surface area (Å²) in [6.45, 7) is 1.65. The van der Waals surface area contributed by atoms with Gasteiger partial charge in [0.05, 0.1) is 21.2 Å². The summed E-state index contributed by atoms with van der Waals surface area (Å²) in [7, 11) is -7.72. The molecule has 0 aliphatic rings. The van der Waals surface area contributed by atoms with Crippen LogP contribution in [-0.2, 0) is 20.0 Å². The van der Waals surface area contributed by atoms with Gasteiger partial charge >= 0.3 is 0 Å². The summed E-state index contributed by atoms with van der Waals surface area (Å²) >= 11 is 0. The van der Waals surface area contributed by atoms with Crippen molar-refractivity contribution in [2.75, 3.05) is 14.8 Å². The fraction of sp³-hybridized carbons (Fsp3) is 0.0333. The quantitative estimate of drug-likeness (QED) is 0.211. The average Bonchev–Trinajstić information content (AvgIpc) is 2.95. The number of carbonyl (C=O) groups is 1. The molecule has 10 heteroatoms. The highest BCUT2D eigenvalue weighted by atomic mass is 32.2. The Morgan fingerprint density at radius 2 is 1.12 bits per heavy atom. The second-order valence-electron chi connectivity index (χ2n) is 9.01. The van der Waals surface area contributed by atoms with Crippen LogP contribution in [0.1, 0.15) is 15.9 Å². The summed E-state index contributed by atoms with van der Waals surface area (Å²) in [4.78, 5) is 13.2. The summed E-state index contributed by atoms with van der Waals surface area (Å²) < 4.78 is 56.8. The van der Waals surface area contributed by atoms with Crippen molar-refractivity contribution in [2.24, 2.45) is 0 Å². The van der Waals surface area contributed by atoms with Crippen molar-refractivity contribution in [1.29, 1.82) is 0 Å². The molecule has 1 amide bonds. The van der Waals surface area contributed by atoms with Crippen LogP contribution in [0.5, 0.6) is 0 Å². The lowest BCUT2D eigenvalue weighted by Gasteiger charge is -2.14. The minimum Gasteiger partial charge on any atom is -0.322 e. The first-order chi connectivity index (χ1) is 19.1. The minimum absolute atomic E-state index is 0.0342. The van der Waals surface area contributed by atoms with E-state index in [0.717, 1.165) is 10.8 Å². The Labute approximate surface area is 232 Å². The van der Waals surface area contributed by atoms with Crippen molar-refractivity contribution in [3.63, 3.8) is 0 Å². The number of hydrogen-bond acceptors (Lipinski definition) is 5. The summed E-state index contributed by atoms with van der Waals surface area (Å²) in [6, 6.07) is 31.3. The van der Waals surface area contributed by atoms with Crippen LogP contribution < -0.4 is 14.8 Å². The van der Waals surface area contributed by atoms with Gasteiger partial charge in [-0.15, -0.1) is 0 Å². The van der Waals surface area contributed by atoms with Gasteiger partial charge in [-0.1, -0.05) is 60.7 Å². The lowest BCUT2D eigenvalue weighted by Crippen LogP contribution is -2.17. The lowest BCUT2D eigenvalue weighted by molar-refractivity contribution is 0.102. The van der Waals surface area contributed by atoms with Crippen LogP contribution in [0.4, 0.5) is 17.1 Å². The normalized spacial score (nSPS) is 11.6. The molecule has 0 saturated carbocycles. The number of anilines is 3. The van der Waals surface area contributed by atoms with Crippen LogP contribution >= 0.6 is 0 Å². The van der Waals surface area contributed by atoms with E-state index in [4.69, 9.17) is 0 Å². The van der Waals surface area contributed by atoms with E-state index in [1.807, 2.05) is 30.3 Å². The van der Waals surface area contributed by atoms with Gasteiger partial charge in [0.25, 0.3) is 26.0 Å². The molecular weight excluding hydrogens is 546 g/mol. The van der Waals surface area contributed by atoms with Gasteiger partial charge < -0.3 is 5.32 Å². The van der Waals surface area contributed by atoms with Gasteiger partial charge in [0.15, 0.2) is 0 Å². The number of amides is 1. The number of nitrogens with one attached hydrogen (secondary N) is 3. The molecule has 3 N–H and O–H groups in total. The third-order valence-electron chi connectivity index (χ3n) is 6.33. The largest absolute Gasteiger partial charge is 0.322 e. The number of sulfonamides is 2. The van der Waals surface area contributed by atoms with Gasteiger partial charge in [-0.05, 0) is 72.5 Å². The van der Waals surface area contributed by atoms with Crippen LogP contribution in [0.2, 0.25) is 0 Å². The van der Waals surface area contributed by atoms with Crippen molar-refractivity contribution in [1.82, 2.24) is 0 Å². The summed E-state index contributed by atoms with van der Waals surface area (Å²) in [5.74, 6) is -0.470. The van der Waals surface area contributed by atoms with Gasteiger partial charge in [-0.3, -0.25) is 14.2 Å². The maximum absolute atomic E-state index is 13.1. The second kappa shape index (κ2) is 10.8. The monoisotopic (exact) mass is 571 g/mol. The fourth-order valence-corrected chi connectivity index (χ4v) is 6.45. The molecule has 0 unspecified atom stereocenters. The van der Waals surface area contributed by atoms with Crippen LogP contribution in [0.25, 0.3) is 10.8 Å². The molecule has 40 heavy (non-hydrogen) atoms. The Morgan fingerprint density at radius 3 is 1.85 bits per heavy atom. The molecule has 0 aromatic heterocycles. The zero-order chi connectivity index (χ0) is 28.3. The van der Waals surface area contributed by atoms with E-state index < -0.39 is 26.0 Å². The molecule has 5 aromatic carbocycles. The summed E-state index contributed by atoms with van der Waals surface area (Å²) in [5.41, 5.74) is 1.83. The highest BCUT2D eigenvalue weighted by molar-refractivity contribution is 7.93. The maximum Gasteiger partial charge on any atom is 0.261 e. The van der Waals surface area contributed by atoms with E-state index in [-0.39, 0.29) is 21.0 Å². The fourth-order valence-electron chi connectivity index (χ4n) is 4.23. The Hall–Kier alpha value is -4.67. The molecule has 8 nitrogen and oxygen atoms in total. The molecule has 5 aromatic rings. The number of rotatable bonds is 8. The first kappa shape index (κ1) is 26.9. The molecule has 0 bridgehead atoms. The first-order valence-corrected chi connectivity index (χ1v) is 15.2. The maximum atomic E-state index is 13.1. The predicted octanol–water partition coefficient (Wildman–Crippen LogP) is 6.00. The van der Waals surface area contributed by atoms with Gasteiger partial charge in [0.2, 0.25) is 0 Å². The number of benzene rings is 5. The number of hydrogen-bond donors (Lipinski definition) is 3.